The highest BCUT2D eigenvalue weighted by Crippen LogP contribution is 2.38. The number of carbonyl (C=O) groups is 1. The minimum Gasteiger partial charge on any atom is -0.321 e. The van der Waals surface area contributed by atoms with E-state index < -0.39 is 47.4 Å². The molecule has 0 unspecified atom stereocenters. The molecular formula is C23H25ClF7N3O. The maximum atomic E-state index is 13.6. The molecule has 2 atom stereocenters. The molecule has 0 bridgehead atoms. The van der Waals surface area contributed by atoms with Gasteiger partial charge in [0, 0.05) is 26.7 Å². The Morgan fingerprint density at radius 3 is 2.14 bits per heavy atom. The van der Waals surface area contributed by atoms with E-state index in [-0.39, 0.29) is 30.6 Å². The van der Waals surface area contributed by atoms with Gasteiger partial charge in [0.05, 0.1) is 23.2 Å². The van der Waals surface area contributed by atoms with Gasteiger partial charge >= 0.3 is 18.4 Å². The smallest absolute Gasteiger partial charge is 0.321 e. The molecule has 12 heteroatoms. The molecule has 2 aromatic carbocycles. The summed E-state index contributed by atoms with van der Waals surface area (Å²) in [5.74, 6) is -0.432. The number of alkyl halides is 6. The number of rotatable bonds is 3. The number of hydrogen-bond donors (Lipinski definition) is 1. The van der Waals surface area contributed by atoms with E-state index in [9.17, 15) is 35.5 Å². The summed E-state index contributed by atoms with van der Waals surface area (Å²) in [4.78, 5) is 16.0. The van der Waals surface area contributed by atoms with Gasteiger partial charge in [0.1, 0.15) is 5.82 Å². The predicted octanol–water partition coefficient (Wildman–Crippen LogP) is 6.35. The van der Waals surface area contributed by atoms with Crippen molar-refractivity contribution in [1.82, 2.24) is 15.1 Å². The van der Waals surface area contributed by atoms with Gasteiger partial charge in [-0.05, 0) is 60.9 Å². The van der Waals surface area contributed by atoms with E-state index in [2.05, 4.69) is 5.32 Å². The van der Waals surface area contributed by atoms with Crippen molar-refractivity contribution in [1.29, 1.82) is 0 Å². The van der Waals surface area contributed by atoms with Crippen LogP contribution in [-0.4, -0.2) is 42.5 Å². The van der Waals surface area contributed by atoms with E-state index in [0.717, 1.165) is 4.90 Å². The minimum atomic E-state index is -4.98. The molecule has 1 heterocycles. The van der Waals surface area contributed by atoms with Gasteiger partial charge in [0.2, 0.25) is 0 Å². The first-order valence-electron chi connectivity index (χ1n) is 10.5. The average Bonchev–Trinajstić information content (AvgIpc) is 2.76. The first kappa shape index (κ1) is 28.7. The number of aryl methyl sites for hydroxylation is 1. The van der Waals surface area contributed by atoms with Gasteiger partial charge in [0.25, 0.3) is 0 Å². The van der Waals surface area contributed by atoms with Gasteiger partial charge in [-0.15, -0.1) is 12.4 Å². The number of nitrogens with zero attached hydrogens (tertiary/aromatic N) is 2. The second-order valence-corrected chi connectivity index (χ2v) is 8.32. The highest BCUT2D eigenvalue weighted by atomic mass is 35.5. The van der Waals surface area contributed by atoms with Crippen LogP contribution in [0, 0.1) is 12.7 Å². The van der Waals surface area contributed by atoms with Crippen molar-refractivity contribution in [2.45, 2.75) is 38.3 Å². The fourth-order valence-electron chi connectivity index (χ4n) is 4.04. The van der Waals surface area contributed by atoms with Gasteiger partial charge in [-0.2, -0.15) is 26.3 Å². The third-order valence-electron chi connectivity index (χ3n) is 6.06. The van der Waals surface area contributed by atoms with Gasteiger partial charge in [-0.3, -0.25) is 0 Å². The molecule has 35 heavy (non-hydrogen) atoms. The number of amides is 2. The number of carbonyl (C=O) groups excluding carboxylic acids is 1. The third-order valence-corrected chi connectivity index (χ3v) is 6.06. The lowest BCUT2D eigenvalue weighted by molar-refractivity contribution is -0.143. The van der Waals surface area contributed by atoms with E-state index in [1.54, 1.807) is 13.0 Å². The van der Waals surface area contributed by atoms with Crippen molar-refractivity contribution >= 4 is 18.4 Å². The molecule has 2 amide bonds. The number of hydrogen-bond acceptors (Lipinski definition) is 2. The molecule has 1 fully saturated rings. The van der Waals surface area contributed by atoms with Crippen molar-refractivity contribution < 1.29 is 35.5 Å². The summed E-state index contributed by atoms with van der Waals surface area (Å²) in [6.07, 6.45) is -9.97. The van der Waals surface area contributed by atoms with Crippen molar-refractivity contribution in [3.8, 4) is 0 Å². The predicted molar refractivity (Wildman–Crippen MR) is 119 cm³/mol. The molecule has 4 nitrogen and oxygen atoms in total. The molecule has 2 aromatic rings. The maximum absolute atomic E-state index is 13.6. The number of benzene rings is 2. The highest BCUT2D eigenvalue weighted by Gasteiger charge is 2.38. The summed E-state index contributed by atoms with van der Waals surface area (Å²) < 4.78 is 93.2. The van der Waals surface area contributed by atoms with Crippen molar-refractivity contribution in [2.75, 3.05) is 26.7 Å². The normalized spacial score (nSPS) is 17.5. The van der Waals surface area contributed by atoms with Gasteiger partial charge in [-0.1, -0.05) is 6.07 Å². The van der Waals surface area contributed by atoms with Crippen LogP contribution in [0.15, 0.2) is 36.4 Å². The van der Waals surface area contributed by atoms with Crippen LogP contribution in [0.1, 0.15) is 46.8 Å². The Labute approximate surface area is 204 Å². The summed E-state index contributed by atoms with van der Waals surface area (Å²) in [5, 5.41) is 3.15. The van der Waals surface area contributed by atoms with Crippen LogP contribution in [0.5, 0.6) is 0 Å². The summed E-state index contributed by atoms with van der Waals surface area (Å²) in [5.41, 5.74) is -1.85. The summed E-state index contributed by atoms with van der Waals surface area (Å²) in [6, 6.07) is 3.36. The van der Waals surface area contributed by atoms with Crippen LogP contribution in [0.25, 0.3) is 0 Å². The first-order valence-corrected chi connectivity index (χ1v) is 10.5. The van der Waals surface area contributed by atoms with E-state index in [1.165, 1.54) is 31.0 Å². The minimum absolute atomic E-state index is 0. The Morgan fingerprint density at radius 1 is 1.06 bits per heavy atom. The van der Waals surface area contributed by atoms with E-state index in [0.29, 0.717) is 36.3 Å². The molecule has 1 aliphatic rings. The quantitative estimate of drug-likeness (QED) is 0.472. The van der Waals surface area contributed by atoms with Crippen LogP contribution in [0.4, 0.5) is 35.5 Å². The fraction of sp³-hybridized carbons (Fsp3) is 0.435. The first-order chi connectivity index (χ1) is 15.7. The zero-order valence-electron chi connectivity index (χ0n) is 19.1. The number of urea groups is 1. The molecule has 194 valence electrons. The van der Waals surface area contributed by atoms with Crippen LogP contribution in [0.3, 0.4) is 0 Å². The standard InChI is InChI=1S/C23H24F7N3O.ClH/c1-13-8-18(24)4-5-19(13)20-12-31-6-7-33(20)21(34)32(3)14(2)15-9-16(22(25,26)27)11-17(10-15)23(28,29)30;/h4-5,8-11,14,20,31H,6-7,12H2,1-3H3;1H/t14-,20+;/m0./s1. The summed E-state index contributed by atoms with van der Waals surface area (Å²) in [7, 11) is 1.33. The molecule has 1 saturated heterocycles. The lowest BCUT2D eigenvalue weighted by Crippen LogP contribution is -2.52. The molecular weight excluding hydrogens is 503 g/mol. The zero-order valence-corrected chi connectivity index (χ0v) is 19.9. The Bertz CT molecular complexity index is 1030. The molecule has 0 aliphatic carbocycles. The third kappa shape index (κ3) is 6.38. The fourth-order valence-corrected chi connectivity index (χ4v) is 4.04. The summed E-state index contributed by atoms with van der Waals surface area (Å²) >= 11 is 0. The molecule has 1 aliphatic heterocycles. The van der Waals surface area contributed by atoms with Crippen molar-refractivity contribution in [3.63, 3.8) is 0 Å². The Hall–Kier alpha value is -2.53. The van der Waals surface area contributed by atoms with Crippen LogP contribution in [-0.2, 0) is 12.4 Å². The Balaban J connectivity index is 0.00000432. The van der Waals surface area contributed by atoms with E-state index >= 15 is 0 Å². The van der Waals surface area contributed by atoms with Gasteiger partial charge in [0.15, 0.2) is 0 Å². The Morgan fingerprint density at radius 2 is 1.63 bits per heavy atom. The molecule has 0 radical (unpaired) electrons. The van der Waals surface area contributed by atoms with Crippen LogP contribution < -0.4 is 5.32 Å². The van der Waals surface area contributed by atoms with E-state index in [4.69, 9.17) is 0 Å². The zero-order chi connectivity index (χ0) is 25.4. The topological polar surface area (TPSA) is 35.6 Å². The molecule has 0 aromatic heterocycles. The highest BCUT2D eigenvalue weighted by molar-refractivity contribution is 5.85. The number of nitrogens with one attached hydrogen (secondary N) is 1. The van der Waals surface area contributed by atoms with Crippen molar-refractivity contribution in [2.24, 2.45) is 0 Å². The van der Waals surface area contributed by atoms with E-state index in [1.807, 2.05) is 0 Å². The monoisotopic (exact) mass is 527 g/mol. The lowest BCUT2D eigenvalue weighted by atomic mass is 9.98. The molecule has 0 saturated carbocycles. The van der Waals surface area contributed by atoms with Crippen molar-refractivity contribution in [3.05, 3.63) is 70.0 Å². The SMILES string of the molecule is Cc1cc(F)ccc1[C@H]1CNCCN1C(=O)N(C)[C@@H](C)c1cc(C(F)(F)F)cc(C(F)(F)F)c1.Cl. The molecule has 3 rings (SSSR count). The van der Waals surface area contributed by atoms with Crippen LogP contribution >= 0.6 is 12.4 Å². The Kier molecular flexibility index (Phi) is 8.70. The number of piperazine rings is 1. The maximum Gasteiger partial charge on any atom is 0.416 e. The second-order valence-electron chi connectivity index (χ2n) is 8.32. The largest absolute Gasteiger partial charge is 0.416 e. The summed E-state index contributed by atoms with van der Waals surface area (Å²) in [6.45, 7) is 4.14. The lowest BCUT2D eigenvalue weighted by Gasteiger charge is -2.40. The van der Waals surface area contributed by atoms with Gasteiger partial charge in [-0.25, -0.2) is 9.18 Å². The molecule has 1 N–H and O–H groups in total. The van der Waals surface area contributed by atoms with Crippen LogP contribution in [0.2, 0.25) is 0 Å². The number of halogens is 8. The van der Waals surface area contributed by atoms with Gasteiger partial charge < -0.3 is 15.1 Å². The second kappa shape index (κ2) is 10.6. The average molecular weight is 528 g/mol. The molecule has 0 spiro atoms.